The van der Waals surface area contributed by atoms with Gasteiger partial charge in [-0.05, 0) is 17.9 Å². The van der Waals surface area contributed by atoms with Crippen molar-refractivity contribution in [3.05, 3.63) is 42.5 Å². The lowest BCUT2D eigenvalue weighted by atomic mass is 10.1. The van der Waals surface area contributed by atoms with Crippen LogP contribution in [0.2, 0.25) is 0 Å². The Labute approximate surface area is 102 Å². The van der Waals surface area contributed by atoms with Crippen LogP contribution in [-0.2, 0) is 10.0 Å². The Morgan fingerprint density at radius 2 is 1.76 bits per heavy atom. The summed E-state index contributed by atoms with van der Waals surface area (Å²) in [4.78, 5) is 0. The van der Waals surface area contributed by atoms with Crippen molar-refractivity contribution in [2.75, 3.05) is 5.75 Å². The summed E-state index contributed by atoms with van der Waals surface area (Å²) in [5.41, 5.74) is 0.525. The number of hydrogen-bond acceptors (Lipinski definition) is 2. The van der Waals surface area contributed by atoms with Crippen LogP contribution in [0.25, 0.3) is 10.8 Å². The summed E-state index contributed by atoms with van der Waals surface area (Å²) in [6, 6.07) is 13.1. The average molecular weight is 248 g/mol. The maximum atomic E-state index is 11.7. The molecule has 0 heterocycles. The molecule has 17 heavy (non-hydrogen) atoms. The molecule has 89 valence electrons. The van der Waals surface area contributed by atoms with Crippen molar-refractivity contribution in [3.63, 3.8) is 0 Å². The fraction of sp³-hybridized carbons (Fsp3) is 0.231. The highest BCUT2D eigenvalue weighted by Gasteiger charge is 2.13. The number of nitrogens with zero attached hydrogens (tertiary/aromatic N) is 1. The van der Waals surface area contributed by atoms with Crippen molar-refractivity contribution in [1.29, 1.82) is 0 Å². The number of benzene rings is 2. The number of fused-ring (bicyclic) bond motifs is 1. The summed E-state index contributed by atoms with van der Waals surface area (Å²) in [5, 5.41) is 1.87. The van der Waals surface area contributed by atoms with Gasteiger partial charge in [0, 0.05) is 5.39 Å². The molecule has 0 saturated heterocycles. The minimum absolute atomic E-state index is 0.0935. The highest BCUT2D eigenvalue weighted by molar-refractivity contribution is 7.89. The van der Waals surface area contributed by atoms with Gasteiger partial charge in [0.25, 0.3) is 10.0 Å². The van der Waals surface area contributed by atoms with Crippen molar-refractivity contribution in [1.82, 2.24) is 4.72 Å². The molecule has 0 spiro atoms. The average Bonchev–Trinajstić information content (AvgIpc) is 2.29. The smallest absolute Gasteiger partial charge is 0.205 e. The van der Waals surface area contributed by atoms with E-state index >= 15 is 0 Å². The van der Waals surface area contributed by atoms with Crippen molar-refractivity contribution >= 4 is 26.5 Å². The van der Waals surface area contributed by atoms with Crippen molar-refractivity contribution in [2.45, 2.75) is 13.3 Å². The van der Waals surface area contributed by atoms with Crippen molar-refractivity contribution in [2.24, 2.45) is 0 Å². The topological polar surface area (TPSA) is 48.2 Å². The van der Waals surface area contributed by atoms with Crippen molar-refractivity contribution < 1.29 is 8.42 Å². The van der Waals surface area contributed by atoms with Crippen LogP contribution in [0.4, 0.5) is 5.69 Å². The second-order valence-corrected chi connectivity index (χ2v) is 5.63. The van der Waals surface area contributed by atoms with Crippen molar-refractivity contribution in [3.8, 4) is 0 Å². The molecule has 0 aliphatic carbocycles. The van der Waals surface area contributed by atoms with Crippen LogP contribution < -0.4 is 4.72 Å². The van der Waals surface area contributed by atoms with E-state index in [0.29, 0.717) is 12.1 Å². The van der Waals surface area contributed by atoms with E-state index in [0.717, 1.165) is 10.8 Å². The lowest BCUT2D eigenvalue weighted by Crippen LogP contribution is -2.15. The van der Waals surface area contributed by atoms with Gasteiger partial charge in [-0.1, -0.05) is 43.3 Å². The zero-order valence-corrected chi connectivity index (χ0v) is 10.4. The minimum atomic E-state index is -3.35. The van der Waals surface area contributed by atoms with E-state index in [1.807, 2.05) is 43.3 Å². The molecular formula is C13H14NO2S. The Morgan fingerprint density at radius 3 is 2.53 bits per heavy atom. The Kier molecular flexibility index (Phi) is 3.33. The molecule has 0 bridgehead atoms. The first-order valence-electron chi connectivity index (χ1n) is 5.56. The predicted molar refractivity (Wildman–Crippen MR) is 69.8 cm³/mol. The van der Waals surface area contributed by atoms with Crippen LogP contribution in [-0.4, -0.2) is 14.2 Å². The molecule has 1 radical (unpaired) electrons. The van der Waals surface area contributed by atoms with E-state index in [1.165, 1.54) is 0 Å². The molecule has 0 amide bonds. The van der Waals surface area contributed by atoms with E-state index in [2.05, 4.69) is 4.72 Å². The molecule has 4 heteroatoms. The van der Waals surface area contributed by atoms with Gasteiger partial charge in [-0.15, -0.1) is 0 Å². The summed E-state index contributed by atoms with van der Waals surface area (Å²) in [6.45, 7) is 1.83. The van der Waals surface area contributed by atoms with Gasteiger partial charge in [-0.25, -0.2) is 8.42 Å². The molecule has 2 rings (SSSR count). The van der Waals surface area contributed by atoms with Gasteiger partial charge in [0.15, 0.2) is 0 Å². The van der Waals surface area contributed by atoms with E-state index < -0.39 is 10.0 Å². The monoisotopic (exact) mass is 248 g/mol. The summed E-state index contributed by atoms with van der Waals surface area (Å²) in [7, 11) is -3.35. The molecule has 0 atom stereocenters. The normalized spacial score (nSPS) is 11.6. The Hall–Kier alpha value is -1.55. The first-order chi connectivity index (χ1) is 8.12. The van der Waals surface area contributed by atoms with Gasteiger partial charge in [0.2, 0.25) is 0 Å². The fourth-order valence-electron chi connectivity index (χ4n) is 1.74. The lowest BCUT2D eigenvalue weighted by molar-refractivity contribution is 0.589. The SMILES string of the molecule is CCCS(=O)(=O)[N]c1cccc2ccccc12. The molecule has 2 aromatic carbocycles. The Morgan fingerprint density at radius 1 is 1.06 bits per heavy atom. The summed E-state index contributed by atoms with van der Waals surface area (Å²) >= 11 is 0. The fourth-order valence-corrected chi connectivity index (χ4v) is 2.81. The van der Waals surface area contributed by atoms with Gasteiger partial charge in [-0.3, -0.25) is 0 Å². The third-order valence-electron chi connectivity index (χ3n) is 2.47. The molecule has 0 saturated carbocycles. The summed E-state index contributed by atoms with van der Waals surface area (Å²) in [5.74, 6) is 0.0935. The zero-order valence-electron chi connectivity index (χ0n) is 9.63. The second kappa shape index (κ2) is 4.75. The molecule has 0 aliphatic heterocycles. The van der Waals surface area contributed by atoms with Crippen LogP contribution in [0.3, 0.4) is 0 Å². The van der Waals surface area contributed by atoms with E-state index in [4.69, 9.17) is 0 Å². The van der Waals surface area contributed by atoms with Crippen LogP contribution in [0, 0.1) is 0 Å². The maximum Gasteiger partial charge on any atom is 0.253 e. The van der Waals surface area contributed by atoms with Gasteiger partial charge in [-0.2, -0.15) is 4.72 Å². The number of sulfonamides is 1. The highest BCUT2D eigenvalue weighted by Crippen LogP contribution is 2.24. The second-order valence-electron chi connectivity index (χ2n) is 3.88. The summed E-state index contributed by atoms with van der Waals surface area (Å²) in [6.07, 6.45) is 0.580. The lowest BCUT2D eigenvalue weighted by Gasteiger charge is -2.06. The predicted octanol–water partition coefficient (Wildman–Crippen LogP) is 2.82. The van der Waals surface area contributed by atoms with Crippen LogP contribution in [0.5, 0.6) is 0 Å². The summed E-state index contributed by atoms with van der Waals surface area (Å²) < 4.78 is 27.2. The first kappa shape index (κ1) is 11.9. The maximum absolute atomic E-state index is 11.7. The molecule has 0 aliphatic rings. The number of hydrogen-bond donors (Lipinski definition) is 0. The largest absolute Gasteiger partial charge is 0.253 e. The van der Waals surface area contributed by atoms with E-state index in [1.54, 1.807) is 6.07 Å². The third kappa shape index (κ3) is 2.77. The molecule has 0 unspecified atom stereocenters. The molecule has 3 nitrogen and oxygen atoms in total. The van der Waals surface area contributed by atoms with Crippen LogP contribution >= 0.6 is 0 Å². The third-order valence-corrected chi connectivity index (χ3v) is 3.87. The Bertz CT molecular complexity index is 615. The van der Waals surface area contributed by atoms with Gasteiger partial charge in [0.05, 0.1) is 11.4 Å². The van der Waals surface area contributed by atoms with Crippen LogP contribution in [0.15, 0.2) is 42.5 Å². The molecule has 0 fully saturated rings. The van der Waals surface area contributed by atoms with Gasteiger partial charge in [0.1, 0.15) is 0 Å². The molecule has 0 N–H and O–H groups in total. The minimum Gasteiger partial charge on any atom is -0.205 e. The van der Waals surface area contributed by atoms with Gasteiger partial charge < -0.3 is 0 Å². The molecule has 0 aromatic heterocycles. The zero-order chi connectivity index (χ0) is 12.3. The highest BCUT2D eigenvalue weighted by atomic mass is 32.2. The molecular weight excluding hydrogens is 234 g/mol. The standard InChI is InChI=1S/C13H14NO2S/c1-2-10-17(15,16)14-13-9-5-7-11-6-3-4-8-12(11)13/h3-9H,2,10H2,1H3. The van der Waals surface area contributed by atoms with Crippen LogP contribution in [0.1, 0.15) is 13.3 Å². The van der Waals surface area contributed by atoms with E-state index in [9.17, 15) is 8.42 Å². The van der Waals surface area contributed by atoms with Gasteiger partial charge >= 0.3 is 0 Å². The van der Waals surface area contributed by atoms with E-state index in [-0.39, 0.29) is 5.75 Å². The molecule has 2 aromatic rings. The number of rotatable bonds is 4. The quantitative estimate of drug-likeness (QED) is 0.835. The first-order valence-corrected chi connectivity index (χ1v) is 7.17. The Balaban J connectivity index is 2.43.